The van der Waals surface area contributed by atoms with Gasteiger partial charge in [-0.15, -0.1) is 0 Å². The fraction of sp³-hybridized carbons (Fsp3) is 0.368. The maximum Gasteiger partial charge on any atom is 0.244 e. The predicted molar refractivity (Wildman–Crippen MR) is 103 cm³/mol. The minimum absolute atomic E-state index is 0.188. The second-order valence-electron chi connectivity index (χ2n) is 6.27. The van der Waals surface area contributed by atoms with Crippen LogP contribution in [0.1, 0.15) is 5.56 Å². The zero-order valence-electron chi connectivity index (χ0n) is 14.8. The Morgan fingerprint density at radius 3 is 2.27 bits per heavy atom. The van der Waals surface area contributed by atoms with Crippen molar-refractivity contribution >= 4 is 21.6 Å². The van der Waals surface area contributed by atoms with Crippen LogP contribution in [0.3, 0.4) is 0 Å². The monoisotopic (exact) mass is 394 g/mol. The van der Waals surface area contributed by atoms with E-state index < -0.39 is 10.0 Å². The first-order valence-electron chi connectivity index (χ1n) is 8.60. The van der Waals surface area contributed by atoms with Crippen molar-refractivity contribution in [3.63, 3.8) is 0 Å². The molecule has 5 nitrogen and oxygen atoms in total. The van der Waals surface area contributed by atoms with Gasteiger partial charge in [-0.05, 0) is 36.2 Å². The SMILES string of the molecule is COc1ccc(CCN2CCN(S(=O)(=O)c3ccccc3Cl)CC2)cc1. The molecular weight excluding hydrogens is 372 g/mol. The molecule has 1 heterocycles. The lowest BCUT2D eigenvalue weighted by Crippen LogP contribution is -2.49. The number of piperazine rings is 1. The average molecular weight is 395 g/mol. The molecule has 0 bridgehead atoms. The summed E-state index contributed by atoms with van der Waals surface area (Å²) in [4.78, 5) is 2.48. The number of hydrogen-bond donors (Lipinski definition) is 0. The predicted octanol–water partition coefficient (Wildman–Crippen LogP) is 2.90. The van der Waals surface area contributed by atoms with Crippen molar-refractivity contribution in [2.75, 3.05) is 39.8 Å². The third-order valence-corrected chi connectivity index (χ3v) is 7.06. The number of hydrogen-bond acceptors (Lipinski definition) is 4. The van der Waals surface area contributed by atoms with Crippen LogP contribution in [-0.4, -0.2) is 57.5 Å². The molecule has 2 aromatic rings. The Morgan fingerprint density at radius 1 is 1.00 bits per heavy atom. The minimum atomic E-state index is -3.53. The molecule has 140 valence electrons. The number of ether oxygens (including phenoxy) is 1. The van der Waals surface area contributed by atoms with Gasteiger partial charge in [-0.3, -0.25) is 0 Å². The lowest BCUT2D eigenvalue weighted by Gasteiger charge is -2.34. The third kappa shape index (κ3) is 4.38. The van der Waals surface area contributed by atoms with Crippen LogP contribution >= 0.6 is 11.6 Å². The highest BCUT2D eigenvalue weighted by Gasteiger charge is 2.29. The molecule has 0 atom stereocenters. The largest absolute Gasteiger partial charge is 0.497 e. The highest BCUT2D eigenvalue weighted by molar-refractivity contribution is 7.89. The van der Waals surface area contributed by atoms with Gasteiger partial charge in [0, 0.05) is 32.7 Å². The van der Waals surface area contributed by atoms with Gasteiger partial charge < -0.3 is 9.64 Å². The maximum atomic E-state index is 12.8. The first kappa shape index (κ1) is 19.2. The fourth-order valence-electron chi connectivity index (χ4n) is 3.07. The Labute approximate surface area is 160 Å². The van der Waals surface area contributed by atoms with Crippen molar-refractivity contribution < 1.29 is 13.2 Å². The van der Waals surface area contributed by atoms with Crippen molar-refractivity contribution in [2.45, 2.75) is 11.3 Å². The van der Waals surface area contributed by atoms with Gasteiger partial charge in [-0.2, -0.15) is 4.31 Å². The summed E-state index contributed by atoms with van der Waals surface area (Å²) in [5.41, 5.74) is 1.25. The second-order valence-corrected chi connectivity index (χ2v) is 8.59. The van der Waals surface area contributed by atoms with Crippen molar-refractivity contribution in [3.8, 4) is 5.75 Å². The molecule has 26 heavy (non-hydrogen) atoms. The van der Waals surface area contributed by atoms with E-state index in [9.17, 15) is 8.42 Å². The molecule has 0 amide bonds. The minimum Gasteiger partial charge on any atom is -0.497 e. The third-order valence-electron chi connectivity index (χ3n) is 4.66. The van der Waals surface area contributed by atoms with Gasteiger partial charge in [0.25, 0.3) is 0 Å². The standard InChI is InChI=1S/C19H23ClN2O3S/c1-25-17-8-6-16(7-9-17)10-11-21-12-14-22(15-13-21)26(23,24)19-5-3-2-4-18(19)20/h2-9H,10-15H2,1H3. The number of nitrogens with zero attached hydrogens (tertiary/aromatic N) is 2. The van der Waals surface area contributed by atoms with Gasteiger partial charge in [0.15, 0.2) is 0 Å². The molecule has 0 saturated carbocycles. The van der Waals surface area contributed by atoms with Crippen molar-refractivity contribution in [1.29, 1.82) is 0 Å². The molecule has 1 saturated heterocycles. The molecule has 3 rings (SSSR count). The summed E-state index contributed by atoms with van der Waals surface area (Å²) in [5.74, 6) is 0.854. The first-order valence-corrected chi connectivity index (χ1v) is 10.4. The summed E-state index contributed by atoms with van der Waals surface area (Å²) in [6, 6.07) is 14.7. The summed E-state index contributed by atoms with van der Waals surface area (Å²) in [6.07, 6.45) is 0.932. The average Bonchev–Trinajstić information content (AvgIpc) is 2.67. The molecule has 0 radical (unpaired) electrons. The topological polar surface area (TPSA) is 49.9 Å². The zero-order valence-corrected chi connectivity index (χ0v) is 16.3. The van der Waals surface area contributed by atoms with E-state index in [4.69, 9.17) is 16.3 Å². The van der Waals surface area contributed by atoms with Gasteiger partial charge in [0.05, 0.1) is 12.1 Å². The lowest BCUT2D eigenvalue weighted by molar-refractivity contribution is 0.190. The molecule has 0 N–H and O–H groups in total. The number of methoxy groups -OCH3 is 1. The van der Waals surface area contributed by atoms with E-state index in [1.54, 1.807) is 31.4 Å². The first-order chi connectivity index (χ1) is 12.5. The van der Waals surface area contributed by atoms with Crippen LogP contribution in [0.5, 0.6) is 5.75 Å². The summed E-state index contributed by atoms with van der Waals surface area (Å²) in [5, 5.41) is 0.273. The normalized spacial score (nSPS) is 16.5. The molecule has 0 spiro atoms. The molecule has 0 aromatic heterocycles. The van der Waals surface area contributed by atoms with Crippen LogP contribution in [0.15, 0.2) is 53.4 Å². The van der Waals surface area contributed by atoms with Crippen molar-refractivity contribution in [2.24, 2.45) is 0 Å². The highest BCUT2D eigenvalue weighted by atomic mass is 35.5. The quantitative estimate of drug-likeness (QED) is 0.755. The van der Waals surface area contributed by atoms with E-state index in [1.165, 1.54) is 9.87 Å². The Bertz CT molecular complexity index is 832. The maximum absolute atomic E-state index is 12.8. The summed E-state index contributed by atoms with van der Waals surface area (Å²) >= 11 is 6.07. The van der Waals surface area contributed by atoms with Crippen LogP contribution in [0.25, 0.3) is 0 Å². The van der Waals surface area contributed by atoms with Crippen LogP contribution in [0, 0.1) is 0 Å². The number of rotatable bonds is 6. The Kier molecular flexibility index (Phi) is 6.19. The van der Waals surface area contributed by atoms with E-state index in [-0.39, 0.29) is 9.92 Å². The number of benzene rings is 2. The van der Waals surface area contributed by atoms with Gasteiger partial charge in [0.2, 0.25) is 10.0 Å². The van der Waals surface area contributed by atoms with Crippen LogP contribution in [0.2, 0.25) is 5.02 Å². The Balaban J connectivity index is 1.54. The highest BCUT2D eigenvalue weighted by Crippen LogP contribution is 2.25. The Hall–Kier alpha value is -1.60. The van der Waals surface area contributed by atoms with E-state index >= 15 is 0 Å². The molecule has 0 aliphatic carbocycles. The molecule has 1 aliphatic heterocycles. The van der Waals surface area contributed by atoms with E-state index in [0.717, 1.165) is 31.8 Å². The summed E-state index contributed by atoms with van der Waals surface area (Å²) < 4.78 is 32.2. The number of halogens is 1. The number of sulfonamides is 1. The Morgan fingerprint density at radius 2 is 1.65 bits per heavy atom. The zero-order chi connectivity index (χ0) is 18.6. The second kappa shape index (κ2) is 8.39. The van der Waals surface area contributed by atoms with E-state index in [1.807, 2.05) is 12.1 Å². The van der Waals surface area contributed by atoms with Gasteiger partial charge in [-0.25, -0.2) is 8.42 Å². The molecular formula is C19H23ClN2O3S. The van der Waals surface area contributed by atoms with Gasteiger partial charge >= 0.3 is 0 Å². The van der Waals surface area contributed by atoms with Crippen LogP contribution in [-0.2, 0) is 16.4 Å². The molecule has 2 aromatic carbocycles. The van der Waals surface area contributed by atoms with Crippen molar-refractivity contribution in [1.82, 2.24) is 9.21 Å². The lowest BCUT2D eigenvalue weighted by atomic mass is 10.1. The van der Waals surface area contributed by atoms with E-state index in [0.29, 0.717) is 13.1 Å². The smallest absolute Gasteiger partial charge is 0.244 e. The van der Waals surface area contributed by atoms with Gasteiger partial charge in [0.1, 0.15) is 10.6 Å². The van der Waals surface area contributed by atoms with Crippen LogP contribution in [0.4, 0.5) is 0 Å². The molecule has 0 unspecified atom stereocenters. The fourth-order valence-corrected chi connectivity index (χ4v) is 4.98. The van der Waals surface area contributed by atoms with Crippen LogP contribution < -0.4 is 4.74 Å². The van der Waals surface area contributed by atoms with Crippen molar-refractivity contribution in [3.05, 3.63) is 59.1 Å². The molecule has 1 fully saturated rings. The molecule has 7 heteroatoms. The summed E-state index contributed by atoms with van der Waals surface area (Å²) in [7, 11) is -1.87. The van der Waals surface area contributed by atoms with E-state index in [2.05, 4.69) is 17.0 Å². The molecule has 1 aliphatic rings. The van der Waals surface area contributed by atoms with Gasteiger partial charge in [-0.1, -0.05) is 35.9 Å². The summed E-state index contributed by atoms with van der Waals surface area (Å²) in [6.45, 7) is 3.32.